The molecule has 0 fully saturated rings. The van der Waals surface area contributed by atoms with Gasteiger partial charge in [0.25, 0.3) is 0 Å². The Kier molecular flexibility index (Phi) is 56.4. The van der Waals surface area contributed by atoms with Crippen LogP contribution in [0, 0.1) is 0 Å². The smallest absolute Gasteiger partial charge is 0.306 e. The molecule has 0 aliphatic rings. The van der Waals surface area contributed by atoms with E-state index in [0.29, 0.717) is 19.3 Å². The van der Waals surface area contributed by atoms with Gasteiger partial charge in [0.05, 0.1) is 0 Å². The number of allylic oxidation sites excluding steroid dienone is 18. The van der Waals surface area contributed by atoms with Gasteiger partial charge in [-0.15, -0.1) is 0 Å². The standard InChI is InChI=1S/C66H110O6/c1-4-7-10-13-16-19-22-25-27-29-30-31-32-33-34-35-36-38-39-41-44-47-50-53-56-59-65(68)71-62-63(61-70-64(67)58-55-52-49-46-43-24-21-18-15-12-9-6-3)72-66(69)60-57-54-51-48-45-42-40-37-28-26-23-20-17-14-11-8-5-2/h7-8,10-11,16-17,19-20,25-28,30-31,40,42,48,51,63H,4-6,9,12-15,18,21-24,29,32-39,41,43-47,49-50,52-62H2,1-3H3/b10-7-,11-8-,19-16-,20-17-,27-25-,28-26-,31-30-,42-40-,51-48-. The summed E-state index contributed by atoms with van der Waals surface area (Å²) in [6.45, 7) is 6.37. The highest BCUT2D eigenvalue weighted by Crippen LogP contribution is 2.16. The summed E-state index contributed by atoms with van der Waals surface area (Å²) in [6.07, 6.45) is 80.9. The van der Waals surface area contributed by atoms with Crippen molar-refractivity contribution in [2.45, 2.75) is 277 Å². The second-order valence-corrected chi connectivity index (χ2v) is 19.5. The Morgan fingerprint density at radius 1 is 0.292 bits per heavy atom. The fourth-order valence-electron chi connectivity index (χ4n) is 8.12. The summed E-state index contributed by atoms with van der Waals surface area (Å²) in [5, 5.41) is 0. The molecule has 0 saturated carbocycles. The first kappa shape index (κ1) is 68.1. The van der Waals surface area contributed by atoms with Crippen LogP contribution in [0.15, 0.2) is 109 Å². The van der Waals surface area contributed by atoms with Gasteiger partial charge >= 0.3 is 17.9 Å². The van der Waals surface area contributed by atoms with Crippen molar-refractivity contribution in [3.05, 3.63) is 109 Å². The van der Waals surface area contributed by atoms with Crippen LogP contribution in [0.3, 0.4) is 0 Å². The minimum Gasteiger partial charge on any atom is -0.462 e. The van der Waals surface area contributed by atoms with Crippen LogP contribution >= 0.6 is 0 Å². The summed E-state index contributed by atoms with van der Waals surface area (Å²) < 4.78 is 16.8. The minimum atomic E-state index is -0.808. The average Bonchev–Trinajstić information content (AvgIpc) is 3.38. The van der Waals surface area contributed by atoms with Gasteiger partial charge in [0.15, 0.2) is 6.10 Å². The quantitative estimate of drug-likeness (QED) is 0.0261. The van der Waals surface area contributed by atoms with Gasteiger partial charge in [0.1, 0.15) is 13.2 Å². The first-order chi connectivity index (χ1) is 35.5. The summed E-state index contributed by atoms with van der Waals surface area (Å²) in [4.78, 5) is 38.2. The van der Waals surface area contributed by atoms with Gasteiger partial charge in [-0.3, -0.25) is 14.4 Å². The minimum absolute atomic E-state index is 0.0996. The lowest BCUT2D eigenvalue weighted by Gasteiger charge is -2.18. The highest BCUT2D eigenvalue weighted by atomic mass is 16.6. The van der Waals surface area contributed by atoms with Crippen molar-refractivity contribution < 1.29 is 28.6 Å². The molecule has 72 heavy (non-hydrogen) atoms. The van der Waals surface area contributed by atoms with Crippen molar-refractivity contribution in [1.29, 1.82) is 0 Å². The van der Waals surface area contributed by atoms with E-state index in [9.17, 15) is 14.4 Å². The van der Waals surface area contributed by atoms with Gasteiger partial charge in [-0.25, -0.2) is 0 Å². The van der Waals surface area contributed by atoms with E-state index in [4.69, 9.17) is 14.2 Å². The topological polar surface area (TPSA) is 78.9 Å². The molecule has 0 aromatic carbocycles. The third-order valence-corrected chi connectivity index (χ3v) is 12.5. The van der Waals surface area contributed by atoms with Gasteiger partial charge in [-0.1, -0.05) is 265 Å². The Morgan fingerprint density at radius 3 is 0.889 bits per heavy atom. The van der Waals surface area contributed by atoms with Crippen LogP contribution in [-0.2, 0) is 28.6 Å². The number of unbranched alkanes of at least 4 members (excludes halogenated alkanes) is 24. The van der Waals surface area contributed by atoms with E-state index in [0.717, 1.165) is 103 Å². The molecule has 0 aromatic rings. The number of esters is 3. The molecule has 0 N–H and O–H groups in total. The molecular weight excluding hydrogens is 889 g/mol. The Morgan fingerprint density at radius 2 is 0.556 bits per heavy atom. The Labute approximate surface area is 444 Å². The molecule has 0 spiro atoms. The predicted molar refractivity (Wildman–Crippen MR) is 311 cm³/mol. The first-order valence-electron chi connectivity index (χ1n) is 29.9. The summed E-state index contributed by atoms with van der Waals surface area (Å²) in [5.74, 6) is -0.957. The van der Waals surface area contributed by atoms with E-state index in [1.165, 1.54) is 122 Å². The molecule has 6 nitrogen and oxygen atoms in total. The van der Waals surface area contributed by atoms with Gasteiger partial charge in [0.2, 0.25) is 0 Å². The zero-order chi connectivity index (χ0) is 52.2. The SMILES string of the molecule is CC/C=C\C/C=C\C/C=C\C/C=C\C/C=C\CCCC(=O)OC(COC(=O)CCCCCCCCCCCCCC)COC(=O)CCCCCCCCCCCCCC/C=C\C/C=C\C/C=C\C/C=C\CC. The van der Waals surface area contributed by atoms with Gasteiger partial charge in [-0.05, 0) is 96.3 Å². The molecule has 0 bridgehead atoms. The van der Waals surface area contributed by atoms with Crippen molar-refractivity contribution in [1.82, 2.24) is 0 Å². The van der Waals surface area contributed by atoms with Crippen LogP contribution in [-0.4, -0.2) is 37.2 Å². The molecule has 0 aliphatic carbocycles. The zero-order valence-electron chi connectivity index (χ0n) is 46.9. The lowest BCUT2D eigenvalue weighted by atomic mass is 10.0. The van der Waals surface area contributed by atoms with Crippen LogP contribution in [0.5, 0.6) is 0 Å². The van der Waals surface area contributed by atoms with Gasteiger partial charge < -0.3 is 14.2 Å². The van der Waals surface area contributed by atoms with Crippen LogP contribution < -0.4 is 0 Å². The Balaban J connectivity index is 4.36. The second kappa shape index (κ2) is 59.6. The van der Waals surface area contributed by atoms with E-state index < -0.39 is 6.10 Å². The maximum atomic E-state index is 12.8. The largest absolute Gasteiger partial charge is 0.462 e. The maximum Gasteiger partial charge on any atom is 0.306 e. The Hall–Kier alpha value is -3.93. The molecule has 6 heteroatoms. The summed E-state index contributed by atoms with van der Waals surface area (Å²) in [7, 11) is 0. The molecule has 410 valence electrons. The third-order valence-electron chi connectivity index (χ3n) is 12.5. The van der Waals surface area contributed by atoms with Gasteiger partial charge in [0, 0.05) is 19.3 Å². The monoisotopic (exact) mass is 999 g/mol. The molecule has 1 unspecified atom stereocenters. The fourth-order valence-corrected chi connectivity index (χ4v) is 8.12. The molecule has 0 amide bonds. The van der Waals surface area contributed by atoms with E-state index >= 15 is 0 Å². The van der Waals surface area contributed by atoms with Gasteiger partial charge in [-0.2, -0.15) is 0 Å². The third kappa shape index (κ3) is 57.0. The lowest BCUT2D eigenvalue weighted by Crippen LogP contribution is -2.30. The van der Waals surface area contributed by atoms with Crippen LogP contribution in [0.1, 0.15) is 271 Å². The summed E-state index contributed by atoms with van der Waals surface area (Å²) in [6, 6.07) is 0. The van der Waals surface area contributed by atoms with Crippen molar-refractivity contribution >= 4 is 17.9 Å². The van der Waals surface area contributed by atoms with Crippen LogP contribution in [0.2, 0.25) is 0 Å². The number of rotatable bonds is 53. The first-order valence-corrected chi connectivity index (χ1v) is 29.9. The molecule has 0 rings (SSSR count). The van der Waals surface area contributed by atoms with E-state index in [2.05, 4.69) is 130 Å². The lowest BCUT2D eigenvalue weighted by molar-refractivity contribution is -0.167. The van der Waals surface area contributed by atoms with E-state index in [1.54, 1.807) is 0 Å². The second-order valence-electron chi connectivity index (χ2n) is 19.5. The van der Waals surface area contributed by atoms with Crippen molar-refractivity contribution in [2.24, 2.45) is 0 Å². The molecule has 0 aliphatic heterocycles. The number of ether oxygens (including phenoxy) is 3. The van der Waals surface area contributed by atoms with Crippen LogP contribution in [0.25, 0.3) is 0 Å². The van der Waals surface area contributed by atoms with Crippen molar-refractivity contribution in [2.75, 3.05) is 13.2 Å². The number of carbonyl (C=O) groups excluding carboxylic acids is 3. The number of carbonyl (C=O) groups is 3. The molecule has 1 atom stereocenters. The number of hydrogen-bond acceptors (Lipinski definition) is 6. The molecule has 0 saturated heterocycles. The molecule has 0 radical (unpaired) electrons. The molecular formula is C66H110O6. The average molecular weight is 1000 g/mol. The predicted octanol–water partition coefficient (Wildman–Crippen LogP) is 20.3. The maximum absolute atomic E-state index is 12.8. The normalized spacial score (nSPS) is 12.9. The van der Waals surface area contributed by atoms with E-state index in [-0.39, 0.29) is 37.5 Å². The molecule has 0 aromatic heterocycles. The molecule has 0 heterocycles. The highest BCUT2D eigenvalue weighted by molar-refractivity contribution is 5.71. The summed E-state index contributed by atoms with van der Waals surface area (Å²) in [5.41, 5.74) is 0. The fraction of sp³-hybridized carbons (Fsp3) is 0.682. The van der Waals surface area contributed by atoms with Crippen molar-refractivity contribution in [3.8, 4) is 0 Å². The van der Waals surface area contributed by atoms with E-state index in [1.807, 2.05) is 0 Å². The van der Waals surface area contributed by atoms with Crippen LogP contribution in [0.4, 0.5) is 0 Å². The Bertz CT molecular complexity index is 1470. The summed E-state index contributed by atoms with van der Waals surface area (Å²) >= 11 is 0. The zero-order valence-corrected chi connectivity index (χ0v) is 46.9. The van der Waals surface area contributed by atoms with Crippen molar-refractivity contribution in [3.63, 3.8) is 0 Å². The number of hydrogen-bond donors (Lipinski definition) is 0. The highest BCUT2D eigenvalue weighted by Gasteiger charge is 2.19.